The van der Waals surface area contributed by atoms with E-state index in [1.165, 1.54) is 29.1 Å². The van der Waals surface area contributed by atoms with E-state index in [2.05, 4.69) is 42.0 Å². The minimum absolute atomic E-state index is 0.0197. The molecule has 312 valence electrons. The van der Waals surface area contributed by atoms with Gasteiger partial charge in [0.15, 0.2) is 0 Å². The molecule has 0 radical (unpaired) electrons. The lowest BCUT2D eigenvalue weighted by Gasteiger charge is -2.37. The third-order valence-electron chi connectivity index (χ3n) is 11.0. The van der Waals surface area contributed by atoms with Gasteiger partial charge in [-0.2, -0.15) is 0 Å². The summed E-state index contributed by atoms with van der Waals surface area (Å²) < 4.78 is 5.43. The fourth-order valence-electron chi connectivity index (χ4n) is 7.49. The van der Waals surface area contributed by atoms with Gasteiger partial charge < -0.3 is 35.8 Å². The summed E-state index contributed by atoms with van der Waals surface area (Å²) in [5, 5.41) is 10.1. The van der Waals surface area contributed by atoms with Gasteiger partial charge in [0.2, 0.25) is 29.4 Å². The molecule has 1 heterocycles. The van der Waals surface area contributed by atoms with Crippen molar-refractivity contribution >= 4 is 41.4 Å². The number of rotatable bonds is 12. The van der Waals surface area contributed by atoms with Crippen LogP contribution in [0.2, 0.25) is 0 Å². The fourth-order valence-corrected chi connectivity index (χ4v) is 7.49. The Bertz CT molecular complexity index is 1580. The maximum atomic E-state index is 14.2. The Balaban J connectivity index is 0.00000155. The maximum absolute atomic E-state index is 14.2. The highest BCUT2D eigenvalue weighted by atomic mass is 16.6. The summed E-state index contributed by atoms with van der Waals surface area (Å²) >= 11 is 0. The zero-order valence-corrected chi connectivity index (χ0v) is 35.4. The molecule has 14 heteroatoms. The topological polar surface area (TPSA) is 183 Å². The van der Waals surface area contributed by atoms with Crippen LogP contribution in [0.1, 0.15) is 112 Å². The number of likely N-dealkylation sites (N-methyl/N-ethyl adjacent to an activating group) is 1. The van der Waals surface area contributed by atoms with Gasteiger partial charge in [0.25, 0.3) is 5.91 Å². The van der Waals surface area contributed by atoms with Crippen molar-refractivity contribution in [2.75, 3.05) is 33.7 Å². The number of nitrogens with zero attached hydrogens (tertiary/aromatic N) is 2. The Morgan fingerprint density at radius 3 is 2.02 bits per heavy atom. The molecule has 6 amide bonds. The number of carbonyl (C=O) groups excluding carboxylic acids is 7. The number of fused-ring (bicyclic) bond motifs is 1. The lowest BCUT2D eigenvalue weighted by Crippen LogP contribution is -2.59. The van der Waals surface area contributed by atoms with E-state index in [0.29, 0.717) is 18.5 Å². The van der Waals surface area contributed by atoms with E-state index in [1.807, 2.05) is 20.8 Å². The molecular weight excluding hydrogens is 716 g/mol. The molecular formula is C42H66N6O8. The molecule has 2 aliphatic carbocycles. The highest BCUT2D eigenvalue weighted by Gasteiger charge is 2.56. The monoisotopic (exact) mass is 782 g/mol. The minimum atomic E-state index is -1.09. The van der Waals surface area contributed by atoms with Gasteiger partial charge >= 0.3 is 6.09 Å². The van der Waals surface area contributed by atoms with Crippen molar-refractivity contribution < 1.29 is 38.3 Å². The first-order valence-electron chi connectivity index (χ1n) is 19.9. The highest BCUT2D eigenvalue weighted by molar-refractivity contribution is 6.37. The SMILES string of the molecule is CC1CCC1.CCC1(C)C[C@H]2CN(C(=O)C(NC(=O)OC(C)(C)C)C(C)(C)C)C(C(=O)NCC(=O)C(=O)NCC(=O)NC(C(=O)N(C)C)c3ccccc3)[C@H]2C1. The highest BCUT2D eigenvalue weighted by Crippen LogP contribution is 2.53. The largest absolute Gasteiger partial charge is 0.444 e. The number of ether oxygens (including phenoxy) is 1. The number of hydrogen-bond donors (Lipinski definition) is 4. The second-order valence-electron chi connectivity index (χ2n) is 18.4. The molecule has 0 aromatic heterocycles. The maximum Gasteiger partial charge on any atom is 0.408 e. The molecule has 1 aliphatic heterocycles. The van der Waals surface area contributed by atoms with Crippen molar-refractivity contribution in [3.8, 4) is 0 Å². The van der Waals surface area contributed by atoms with E-state index in [-0.39, 0.29) is 23.2 Å². The lowest BCUT2D eigenvalue weighted by molar-refractivity contribution is -0.144. The Morgan fingerprint density at radius 1 is 0.911 bits per heavy atom. The van der Waals surface area contributed by atoms with Gasteiger partial charge in [-0.15, -0.1) is 0 Å². The van der Waals surface area contributed by atoms with Crippen molar-refractivity contribution in [1.82, 2.24) is 31.1 Å². The van der Waals surface area contributed by atoms with Crippen LogP contribution in [0.5, 0.6) is 0 Å². The van der Waals surface area contributed by atoms with Gasteiger partial charge in [-0.3, -0.25) is 28.8 Å². The normalized spacial score (nSPS) is 22.8. The number of nitrogens with one attached hydrogen (secondary N) is 4. The lowest BCUT2D eigenvalue weighted by atomic mass is 9.82. The fraction of sp³-hybridized carbons (Fsp3) is 0.690. The Morgan fingerprint density at radius 2 is 1.52 bits per heavy atom. The van der Waals surface area contributed by atoms with E-state index in [4.69, 9.17) is 4.74 Å². The molecule has 4 unspecified atom stereocenters. The number of likely N-dealkylation sites (tertiary alicyclic amines) is 1. The molecule has 14 nitrogen and oxygen atoms in total. The predicted octanol–water partition coefficient (Wildman–Crippen LogP) is 4.13. The molecule has 3 fully saturated rings. The zero-order valence-electron chi connectivity index (χ0n) is 35.4. The van der Waals surface area contributed by atoms with E-state index in [0.717, 1.165) is 18.8 Å². The Labute approximate surface area is 333 Å². The number of alkyl carbamates (subject to hydrolysis) is 1. The van der Waals surface area contributed by atoms with Gasteiger partial charge in [0, 0.05) is 20.6 Å². The molecule has 6 atom stereocenters. The summed E-state index contributed by atoms with van der Waals surface area (Å²) in [6, 6.07) is 5.68. The van der Waals surface area contributed by atoms with Crippen LogP contribution in [0.15, 0.2) is 30.3 Å². The number of carbonyl (C=O) groups is 7. The summed E-state index contributed by atoms with van der Waals surface area (Å²) in [6.45, 7) is 16.2. The van der Waals surface area contributed by atoms with E-state index in [9.17, 15) is 33.6 Å². The van der Waals surface area contributed by atoms with Gasteiger partial charge in [-0.1, -0.05) is 97.6 Å². The molecule has 2 saturated carbocycles. The molecule has 4 N–H and O–H groups in total. The molecule has 0 spiro atoms. The summed E-state index contributed by atoms with van der Waals surface area (Å²) in [7, 11) is 3.11. The van der Waals surface area contributed by atoms with Crippen LogP contribution in [-0.2, 0) is 33.5 Å². The van der Waals surface area contributed by atoms with Crippen LogP contribution in [0, 0.1) is 28.6 Å². The predicted molar refractivity (Wildman–Crippen MR) is 213 cm³/mol. The van der Waals surface area contributed by atoms with Crippen molar-refractivity contribution in [3.63, 3.8) is 0 Å². The van der Waals surface area contributed by atoms with Crippen LogP contribution in [0.25, 0.3) is 0 Å². The van der Waals surface area contributed by atoms with Crippen LogP contribution in [0.4, 0.5) is 4.79 Å². The van der Waals surface area contributed by atoms with Gasteiger partial charge in [-0.25, -0.2) is 4.79 Å². The molecule has 1 saturated heterocycles. The third-order valence-corrected chi connectivity index (χ3v) is 11.0. The second kappa shape index (κ2) is 19.1. The van der Waals surface area contributed by atoms with Gasteiger partial charge in [0.1, 0.15) is 23.7 Å². The number of hydrogen-bond acceptors (Lipinski definition) is 8. The first kappa shape index (κ1) is 45.9. The van der Waals surface area contributed by atoms with Crippen LogP contribution < -0.4 is 21.3 Å². The van der Waals surface area contributed by atoms with E-state index >= 15 is 0 Å². The standard InChI is InChI=1S/C37H56N6O8.C5H10/c1-11-37(8)17-23-21-43(33(49)29(35(2,3)4)41-34(50)51-36(5,6)7)28(24(23)18-37)31(47)38-19-25(44)30(46)39-20-26(45)40-27(32(48)42(9)10)22-15-13-12-14-16-22;1-5-3-2-4-5/h12-16,23-24,27-29H,11,17-21H2,1-10H3,(H,38,47)(H,39,46)(H,40,45)(H,41,50);5H,2-4H2,1H3/t23-,24-,27?,28?,29?,37?;/m0./s1. The summed E-state index contributed by atoms with van der Waals surface area (Å²) in [4.78, 5) is 94.6. The molecule has 3 aliphatic rings. The average Bonchev–Trinajstić information content (AvgIpc) is 3.62. The number of amides is 6. The average molecular weight is 783 g/mol. The summed E-state index contributed by atoms with van der Waals surface area (Å²) in [5.41, 5.74) is -0.988. The minimum Gasteiger partial charge on any atom is -0.444 e. The molecule has 56 heavy (non-hydrogen) atoms. The molecule has 1 aromatic carbocycles. The van der Waals surface area contributed by atoms with E-state index < -0.39 is 77.7 Å². The first-order valence-corrected chi connectivity index (χ1v) is 19.9. The quantitative estimate of drug-likeness (QED) is 0.228. The molecule has 1 aromatic rings. The van der Waals surface area contributed by atoms with Crippen LogP contribution >= 0.6 is 0 Å². The number of ketones is 1. The van der Waals surface area contributed by atoms with Crippen LogP contribution in [0.3, 0.4) is 0 Å². The van der Waals surface area contributed by atoms with Crippen molar-refractivity contribution in [2.45, 2.75) is 125 Å². The van der Waals surface area contributed by atoms with Crippen molar-refractivity contribution in [3.05, 3.63) is 35.9 Å². The Hall–Kier alpha value is -4.49. The molecule has 4 rings (SSSR count). The summed E-state index contributed by atoms with van der Waals surface area (Å²) in [6.07, 6.45) is 6.12. The first-order chi connectivity index (χ1) is 26.0. The van der Waals surface area contributed by atoms with Crippen molar-refractivity contribution in [1.29, 1.82) is 0 Å². The van der Waals surface area contributed by atoms with E-state index in [1.54, 1.807) is 65.2 Å². The third kappa shape index (κ3) is 12.8. The smallest absolute Gasteiger partial charge is 0.408 e. The van der Waals surface area contributed by atoms with Gasteiger partial charge in [0.05, 0.1) is 13.1 Å². The zero-order chi connectivity index (χ0) is 42.2. The number of Topliss-reactive ketones (excluding diaryl/α,β-unsaturated/α-hetero) is 1. The van der Waals surface area contributed by atoms with Crippen molar-refractivity contribution in [2.24, 2.45) is 28.6 Å². The number of benzene rings is 1. The van der Waals surface area contributed by atoms with Crippen LogP contribution in [-0.4, -0.2) is 103 Å². The summed E-state index contributed by atoms with van der Waals surface area (Å²) in [5.74, 6) is -3.24. The molecule has 0 bridgehead atoms. The second-order valence-corrected chi connectivity index (χ2v) is 18.4. The Kier molecular flexibility index (Phi) is 15.7. The van der Waals surface area contributed by atoms with Gasteiger partial charge in [-0.05, 0) is 67.8 Å².